The Bertz CT molecular complexity index is 327. The molecule has 7 heteroatoms. The van der Waals surface area contributed by atoms with Gasteiger partial charge in [-0.1, -0.05) is 0 Å². The molecule has 1 atom stereocenters. The quantitative estimate of drug-likeness (QED) is 0.562. The van der Waals surface area contributed by atoms with E-state index in [2.05, 4.69) is 15.4 Å². The highest BCUT2D eigenvalue weighted by Crippen LogP contribution is 2.33. The van der Waals surface area contributed by atoms with Crippen LogP contribution in [0.1, 0.15) is 25.7 Å². The molecule has 18 heavy (non-hydrogen) atoms. The van der Waals surface area contributed by atoms with Gasteiger partial charge in [-0.15, -0.1) is 0 Å². The van der Waals surface area contributed by atoms with E-state index in [0.29, 0.717) is 0 Å². The predicted molar refractivity (Wildman–Crippen MR) is 61.9 cm³/mol. The standard InChI is InChI=1S/C11H18N2O5/c1-18-10(16)4-5-12-11(17)13-8(6-9(14)15)7-2-3-7/h7-8H,2-6H2,1H3,(H,14,15)(H2,12,13,17). The summed E-state index contributed by atoms with van der Waals surface area (Å²) in [6, 6.07) is -0.780. The van der Waals surface area contributed by atoms with Crippen LogP contribution in [-0.2, 0) is 14.3 Å². The fourth-order valence-corrected chi connectivity index (χ4v) is 1.62. The lowest BCUT2D eigenvalue weighted by Gasteiger charge is -2.16. The number of hydrogen-bond donors (Lipinski definition) is 3. The van der Waals surface area contributed by atoms with Crippen LogP contribution < -0.4 is 10.6 Å². The van der Waals surface area contributed by atoms with E-state index in [-0.39, 0.29) is 31.3 Å². The lowest BCUT2D eigenvalue weighted by molar-refractivity contribution is -0.140. The van der Waals surface area contributed by atoms with Gasteiger partial charge in [0.25, 0.3) is 0 Å². The van der Waals surface area contributed by atoms with E-state index >= 15 is 0 Å². The van der Waals surface area contributed by atoms with Crippen LogP contribution in [0.25, 0.3) is 0 Å². The Morgan fingerprint density at radius 1 is 1.39 bits per heavy atom. The van der Waals surface area contributed by atoms with Gasteiger partial charge in [0.1, 0.15) is 0 Å². The fourth-order valence-electron chi connectivity index (χ4n) is 1.62. The maximum absolute atomic E-state index is 11.5. The van der Waals surface area contributed by atoms with Crippen LogP contribution in [0.4, 0.5) is 4.79 Å². The summed E-state index contributed by atoms with van der Waals surface area (Å²) in [7, 11) is 1.28. The van der Waals surface area contributed by atoms with Gasteiger partial charge in [0, 0.05) is 12.6 Å². The Balaban J connectivity index is 2.24. The summed E-state index contributed by atoms with van der Waals surface area (Å²) in [5, 5.41) is 13.8. The van der Waals surface area contributed by atoms with Crippen LogP contribution in [0.2, 0.25) is 0 Å². The summed E-state index contributed by atoms with van der Waals surface area (Å²) < 4.78 is 4.43. The van der Waals surface area contributed by atoms with Gasteiger partial charge in [0.05, 0.1) is 20.0 Å². The number of amides is 2. The summed E-state index contributed by atoms with van der Waals surface area (Å²) >= 11 is 0. The van der Waals surface area contributed by atoms with Crippen molar-refractivity contribution in [3.8, 4) is 0 Å². The Hall–Kier alpha value is -1.79. The molecule has 0 radical (unpaired) electrons. The summed E-state index contributed by atoms with van der Waals surface area (Å²) in [5.41, 5.74) is 0. The number of hydrogen-bond acceptors (Lipinski definition) is 4. The van der Waals surface area contributed by atoms with Crippen molar-refractivity contribution in [2.24, 2.45) is 5.92 Å². The number of carboxylic acid groups (broad SMARTS) is 1. The molecule has 0 saturated heterocycles. The maximum atomic E-state index is 11.5. The van der Waals surface area contributed by atoms with Crippen LogP contribution in [0.15, 0.2) is 0 Å². The Morgan fingerprint density at radius 3 is 2.56 bits per heavy atom. The molecule has 1 rings (SSSR count). The normalized spacial score (nSPS) is 15.6. The molecule has 0 aromatic rings. The summed E-state index contributed by atoms with van der Waals surface area (Å²) in [6.07, 6.45) is 1.91. The largest absolute Gasteiger partial charge is 0.481 e. The second-order valence-corrected chi connectivity index (χ2v) is 4.27. The molecular weight excluding hydrogens is 240 g/mol. The molecule has 1 unspecified atom stereocenters. The van der Waals surface area contributed by atoms with Crippen molar-refractivity contribution < 1.29 is 24.2 Å². The maximum Gasteiger partial charge on any atom is 0.315 e. The molecule has 1 aliphatic carbocycles. The van der Waals surface area contributed by atoms with Crippen molar-refractivity contribution in [2.75, 3.05) is 13.7 Å². The van der Waals surface area contributed by atoms with Gasteiger partial charge in [-0.25, -0.2) is 4.79 Å². The van der Waals surface area contributed by atoms with Crippen LogP contribution in [0.3, 0.4) is 0 Å². The van der Waals surface area contributed by atoms with Crippen molar-refractivity contribution in [3.63, 3.8) is 0 Å². The highest BCUT2D eigenvalue weighted by Gasteiger charge is 2.33. The van der Waals surface area contributed by atoms with Gasteiger partial charge in [-0.2, -0.15) is 0 Å². The fraction of sp³-hybridized carbons (Fsp3) is 0.727. The van der Waals surface area contributed by atoms with Crippen LogP contribution in [-0.4, -0.2) is 42.8 Å². The molecule has 1 fully saturated rings. The lowest BCUT2D eigenvalue weighted by atomic mass is 10.1. The molecule has 3 N–H and O–H groups in total. The first-order valence-electron chi connectivity index (χ1n) is 5.86. The topological polar surface area (TPSA) is 105 Å². The zero-order chi connectivity index (χ0) is 13.5. The molecule has 0 bridgehead atoms. The van der Waals surface area contributed by atoms with E-state index in [1.165, 1.54) is 7.11 Å². The van der Waals surface area contributed by atoms with Gasteiger partial charge >= 0.3 is 18.0 Å². The first-order chi connectivity index (χ1) is 8.52. The van der Waals surface area contributed by atoms with E-state index in [9.17, 15) is 14.4 Å². The molecule has 7 nitrogen and oxygen atoms in total. The highest BCUT2D eigenvalue weighted by atomic mass is 16.5. The third-order valence-corrected chi connectivity index (χ3v) is 2.74. The number of methoxy groups -OCH3 is 1. The lowest BCUT2D eigenvalue weighted by Crippen LogP contribution is -2.44. The van der Waals surface area contributed by atoms with Crippen molar-refractivity contribution >= 4 is 18.0 Å². The van der Waals surface area contributed by atoms with Gasteiger partial charge in [0.2, 0.25) is 0 Å². The number of carboxylic acids is 1. The second kappa shape index (κ2) is 6.83. The molecule has 2 amide bonds. The van der Waals surface area contributed by atoms with Crippen molar-refractivity contribution in [2.45, 2.75) is 31.7 Å². The monoisotopic (exact) mass is 258 g/mol. The summed E-state index contributed by atoms with van der Waals surface area (Å²) in [6.45, 7) is 0.170. The number of aliphatic carboxylic acids is 1. The van der Waals surface area contributed by atoms with Crippen LogP contribution in [0.5, 0.6) is 0 Å². The first kappa shape index (κ1) is 14.3. The van der Waals surface area contributed by atoms with E-state index in [1.54, 1.807) is 0 Å². The smallest absolute Gasteiger partial charge is 0.315 e. The zero-order valence-corrected chi connectivity index (χ0v) is 10.3. The number of carbonyl (C=O) groups is 3. The summed E-state index contributed by atoms with van der Waals surface area (Å²) in [5.74, 6) is -1.08. The molecule has 1 aliphatic rings. The Labute approximate surface area is 105 Å². The van der Waals surface area contributed by atoms with E-state index in [4.69, 9.17) is 5.11 Å². The molecule has 102 valence electrons. The second-order valence-electron chi connectivity index (χ2n) is 4.27. The molecule has 0 spiro atoms. The number of rotatable bonds is 7. The minimum absolute atomic E-state index is 0.0743. The molecular formula is C11H18N2O5. The third-order valence-electron chi connectivity index (χ3n) is 2.74. The molecule has 0 aromatic heterocycles. The average molecular weight is 258 g/mol. The van der Waals surface area contributed by atoms with Gasteiger partial charge in [-0.3, -0.25) is 9.59 Å². The third kappa shape index (κ3) is 5.51. The number of esters is 1. The van der Waals surface area contributed by atoms with Gasteiger partial charge in [0.15, 0.2) is 0 Å². The van der Waals surface area contributed by atoms with Crippen molar-refractivity contribution in [1.82, 2.24) is 10.6 Å². The van der Waals surface area contributed by atoms with Crippen molar-refractivity contribution in [3.05, 3.63) is 0 Å². The number of ether oxygens (including phenoxy) is 1. The molecule has 1 saturated carbocycles. The van der Waals surface area contributed by atoms with Crippen molar-refractivity contribution in [1.29, 1.82) is 0 Å². The van der Waals surface area contributed by atoms with E-state index < -0.39 is 18.0 Å². The van der Waals surface area contributed by atoms with E-state index in [1.807, 2.05) is 0 Å². The molecule has 0 aliphatic heterocycles. The Morgan fingerprint density at radius 2 is 2.06 bits per heavy atom. The van der Waals surface area contributed by atoms with Crippen LogP contribution >= 0.6 is 0 Å². The zero-order valence-electron chi connectivity index (χ0n) is 10.3. The average Bonchev–Trinajstić information content (AvgIpc) is 3.11. The number of urea groups is 1. The van der Waals surface area contributed by atoms with Gasteiger partial charge < -0.3 is 20.5 Å². The van der Waals surface area contributed by atoms with Crippen LogP contribution in [0, 0.1) is 5.92 Å². The summed E-state index contributed by atoms with van der Waals surface area (Å²) in [4.78, 5) is 32.9. The highest BCUT2D eigenvalue weighted by molar-refractivity contribution is 5.76. The SMILES string of the molecule is COC(=O)CCNC(=O)NC(CC(=O)O)C1CC1. The minimum atomic E-state index is -0.929. The Kier molecular flexibility index (Phi) is 5.41. The van der Waals surface area contributed by atoms with Gasteiger partial charge in [-0.05, 0) is 18.8 Å². The predicted octanol–water partition coefficient (Wildman–Crippen LogP) is 0.102. The molecule has 0 heterocycles. The first-order valence-corrected chi connectivity index (χ1v) is 5.86. The number of carbonyl (C=O) groups excluding carboxylic acids is 2. The molecule has 0 aromatic carbocycles. The van der Waals surface area contributed by atoms with E-state index in [0.717, 1.165) is 12.8 Å². The minimum Gasteiger partial charge on any atom is -0.481 e. The number of nitrogens with one attached hydrogen (secondary N) is 2.